The van der Waals surface area contributed by atoms with Crippen molar-refractivity contribution in [1.82, 2.24) is 0 Å². The minimum absolute atomic E-state index is 0.465. The minimum Gasteiger partial charge on any atom is -0.426 e. The molecule has 0 aromatic heterocycles. The monoisotopic (exact) mass is 453 g/mol. The van der Waals surface area contributed by atoms with E-state index in [1.807, 2.05) is 0 Å². The molecule has 14 heteroatoms. The van der Waals surface area contributed by atoms with Crippen molar-refractivity contribution in [2.45, 2.75) is 12.5 Å². The zero-order valence-electron chi connectivity index (χ0n) is 13.3. The fourth-order valence-corrected chi connectivity index (χ4v) is 2.07. The lowest BCUT2D eigenvalue weighted by Gasteiger charge is -2.19. The molecule has 2 N–H and O–H groups in total. The third-order valence-electron chi connectivity index (χ3n) is 3.22. The van der Waals surface area contributed by atoms with E-state index in [1.54, 1.807) is 0 Å². The summed E-state index contributed by atoms with van der Waals surface area (Å²) in [4.78, 5) is 12.0. The van der Waals surface area contributed by atoms with Crippen LogP contribution in [-0.2, 0) is 0 Å². The van der Waals surface area contributed by atoms with Crippen molar-refractivity contribution in [2.75, 3.05) is 5.73 Å². The Bertz CT molecular complexity index is 955. The Balaban J connectivity index is 2.40. The van der Waals surface area contributed by atoms with E-state index in [4.69, 9.17) is 17.3 Å². The van der Waals surface area contributed by atoms with Gasteiger partial charge in [0.05, 0.1) is 16.3 Å². The molecule has 0 aliphatic heterocycles. The summed E-state index contributed by atoms with van der Waals surface area (Å²) in [6.07, 6.45) is -9.23. The van der Waals surface area contributed by atoms with Crippen LogP contribution in [0, 0.1) is 29.1 Å². The summed E-state index contributed by atoms with van der Waals surface area (Å²) in [5.41, 5.74) is 3.43. The van der Waals surface area contributed by atoms with Gasteiger partial charge in [-0.25, -0.2) is 18.0 Å². The number of rotatable bonds is 5. The Kier molecular flexibility index (Phi) is 6.11. The largest absolute Gasteiger partial charge is 0.461 e. The topological polar surface area (TPSA) is 61.5 Å². The zero-order chi connectivity index (χ0) is 22.3. The van der Waals surface area contributed by atoms with E-state index in [2.05, 4.69) is 9.47 Å². The van der Waals surface area contributed by atoms with Crippen LogP contribution in [0.5, 0.6) is 11.5 Å². The van der Waals surface area contributed by atoms with Gasteiger partial charge in [-0.1, -0.05) is 11.6 Å². The lowest BCUT2D eigenvalue weighted by atomic mass is 10.2. The SMILES string of the molecule is Nc1c(OC(F)(F)C(F)F)ccc(C(=O)Oc2c(F)c(F)c(F)c(F)c2F)c1Cl. The second-order valence-electron chi connectivity index (χ2n) is 5.09. The molecule has 29 heavy (non-hydrogen) atoms. The summed E-state index contributed by atoms with van der Waals surface area (Å²) in [6, 6.07) is 0.983. The van der Waals surface area contributed by atoms with Crippen molar-refractivity contribution in [3.05, 3.63) is 51.8 Å². The number of halogens is 10. The molecular weight excluding hydrogens is 449 g/mol. The molecule has 0 atom stereocenters. The highest BCUT2D eigenvalue weighted by molar-refractivity contribution is 6.36. The van der Waals surface area contributed by atoms with E-state index in [-0.39, 0.29) is 0 Å². The van der Waals surface area contributed by atoms with Crippen LogP contribution in [0.1, 0.15) is 10.4 Å². The average molecular weight is 454 g/mol. The molecule has 4 nitrogen and oxygen atoms in total. The van der Waals surface area contributed by atoms with Gasteiger partial charge in [0, 0.05) is 0 Å². The van der Waals surface area contributed by atoms with E-state index in [9.17, 15) is 44.3 Å². The van der Waals surface area contributed by atoms with Gasteiger partial charge >= 0.3 is 18.5 Å². The molecule has 0 saturated carbocycles. The Hall–Kier alpha value is -2.83. The summed E-state index contributed by atoms with van der Waals surface area (Å²) >= 11 is 5.60. The number of benzene rings is 2. The van der Waals surface area contributed by atoms with Crippen molar-refractivity contribution < 1.29 is 53.8 Å². The van der Waals surface area contributed by atoms with Crippen molar-refractivity contribution in [3.8, 4) is 11.5 Å². The van der Waals surface area contributed by atoms with Crippen molar-refractivity contribution in [2.24, 2.45) is 0 Å². The molecule has 0 bridgehead atoms. The third-order valence-corrected chi connectivity index (χ3v) is 3.63. The Morgan fingerprint density at radius 2 is 1.45 bits per heavy atom. The van der Waals surface area contributed by atoms with Crippen molar-refractivity contribution in [1.29, 1.82) is 0 Å². The highest BCUT2D eigenvalue weighted by Gasteiger charge is 2.44. The Morgan fingerprint density at radius 1 is 0.966 bits per heavy atom. The Labute approximate surface area is 159 Å². The summed E-state index contributed by atoms with van der Waals surface area (Å²) in [6.45, 7) is 0. The zero-order valence-corrected chi connectivity index (χ0v) is 14.1. The normalized spacial score (nSPS) is 11.7. The number of carbonyl (C=O) groups excluding carboxylic acids is 1. The van der Waals surface area contributed by atoms with E-state index in [1.165, 1.54) is 0 Å². The van der Waals surface area contributed by atoms with E-state index >= 15 is 0 Å². The average Bonchev–Trinajstić information content (AvgIpc) is 2.65. The number of anilines is 1. The number of ether oxygens (including phenoxy) is 2. The number of carbonyl (C=O) groups is 1. The first kappa shape index (κ1) is 22.5. The van der Waals surface area contributed by atoms with E-state index in [0.717, 1.165) is 0 Å². The second kappa shape index (κ2) is 7.89. The summed E-state index contributed by atoms with van der Waals surface area (Å²) in [5.74, 6) is -17.1. The standard InChI is InChI=1S/C15H5ClF9NO3/c16-5-3(1-2-4(11(5)26)29-15(24,25)14(22)23)13(27)28-12-9(20)7(18)6(17)8(19)10(12)21/h1-2,14H,26H2. The van der Waals surface area contributed by atoms with Gasteiger partial charge in [-0.15, -0.1) is 0 Å². The summed E-state index contributed by atoms with van der Waals surface area (Å²) in [7, 11) is 0. The van der Waals surface area contributed by atoms with Gasteiger partial charge in [0.1, 0.15) is 0 Å². The maximum absolute atomic E-state index is 13.6. The highest BCUT2D eigenvalue weighted by Crippen LogP contribution is 2.38. The maximum Gasteiger partial charge on any atom is 0.461 e. The minimum atomic E-state index is -4.98. The first-order valence-corrected chi connectivity index (χ1v) is 7.33. The van der Waals surface area contributed by atoms with Crippen LogP contribution in [0.4, 0.5) is 45.2 Å². The number of nitrogens with two attached hydrogens (primary N) is 1. The van der Waals surface area contributed by atoms with Gasteiger partial charge in [0.2, 0.25) is 34.8 Å². The van der Waals surface area contributed by atoms with Crippen LogP contribution in [0.2, 0.25) is 5.02 Å². The van der Waals surface area contributed by atoms with Gasteiger partial charge in [0.25, 0.3) is 0 Å². The molecule has 0 heterocycles. The van der Waals surface area contributed by atoms with Crippen LogP contribution in [0.25, 0.3) is 0 Å². The van der Waals surface area contributed by atoms with E-state index in [0.29, 0.717) is 12.1 Å². The van der Waals surface area contributed by atoms with Crippen LogP contribution in [0.15, 0.2) is 12.1 Å². The molecule has 0 amide bonds. The number of nitrogen functional groups attached to an aromatic ring is 1. The number of esters is 1. The summed E-state index contributed by atoms with van der Waals surface area (Å²) < 4.78 is 124. The molecule has 2 aromatic carbocycles. The van der Waals surface area contributed by atoms with E-state index < -0.39 is 75.4 Å². The smallest absolute Gasteiger partial charge is 0.426 e. The Morgan fingerprint density at radius 3 is 1.93 bits per heavy atom. The molecule has 0 aliphatic carbocycles. The first-order chi connectivity index (χ1) is 13.3. The summed E-state index contributed by atoms with van der Waals surface area (Å²) in [5, 5.41) is -0.943. The molecular formula is C15H5ClF9NO3. The molecule has 0 radical (unpaired) electrons. The van der Waals surface area contributed by atoms with Crippen molar-refractivity contribution >= 4 is 23.3 Å². The number of hydrogen-bond donors (Lipinski definition) is 1. The fraction of sp³-hybridized carbons (Fsp3) is 0.133. The predicted octanol–water partition coefficient (Wildman–Crippen LogP) is 5.07. The fourth-order valence-electron chi connectivity index (χ4n) is 1.84. The third kappa shape index (κ3) is 4.13. The van der Waals surface area contributed by atoms with Gasteiger partial charge < -0.3 is 15.2 Å². The second-order valence-corrected chi connectivity index (χ2v) is 5.47. The lowest BCUT2D eigenvalue weighted by molar-refractivity contribution is -0.252. The molecule has 2 rings (SSSR count). The quantitative estimate of drug-likeness (QED) is 0.171. The van der Waals surface area contributed by atoms with Crippen LogP contribution in [0.3, 0.4) is 0 Å². The highest BCUT2D eigenvalue weighted by atomic mass is 35.5. The van der Waals surface area contributed by atoms with Gasteiger partial charge in [0.15, 0.2) is 5.75 Å². The first-order valence-electron chi connectivity index (χ1n) is 6.96. The van der Waals surface area contributed by atoms with Crippen LogP contribution >= 0.6 is 11.6 Å². The molecule has 2 aromatic rings. The maximum atomic E-state index is 13.6. The van der Waals surface area contributed by atoms with Gasteiger partial charge in [-0.3, -0.25) is 0 Å². The van der Waals surface area contributed by atoms with Gasteiger partial charge in [-0.05, 0) is 12.1 Å². The molecule has 0 unspecified atom stereocenters. The number of hydrogen-bond acceptors (Lipinski definition) is 4. The molecule has 0 fully saturated rings. The van der Waals surface area contributed by atoms with Crippen LogP contribution < -0.4 is 15.2 Å². The molecule has 158 valence electrons. The lowest BCUT2D eigenvalue weighted by Crippen LogP contribution is -2.33. The van der Waals surface area contributed by atoms with Gasteiger partial charge in [-0.2, -0.15) is 26.3 Å². The predicted molar refractivity (Wildman–Crippen MR) is 78.6 cm³/mol. The van der Waals surface area contributed by atoms with Crippen LogP contribution in [-0.4, -0.2) is 18.5 Å². The molecule has 0 spiro atoms. The van der Waals surface area contributed by atoms with Crippen molar-refractivity contribution in [3.63, 3.8) is 0 Å². The molecule has 0 saturated heterocycles. The molecule has 0 aliphatic rings. The number of alkyl halides is 4.